The maximum absolute atomic E-state index is 13.2. The zero-order chi connectivity index (χ0) is 17.9. The van der Waals surface area contributed by atoms with Crippen LogP contribution in [0.15, 0.2) is 42.5 Å². The number of carbonyl (C=O) groups is 1. The second-order valence-electron chi connectivity index (χ2n) is 6.84. The van der Waals surface area contributed by atoms with Crippen molar-refractivity contribution in [1.82, 2.24) is 9.88 Å². The highest BCUT2D eigenvalue weighted by Gasteiger charge is 2.29. The van der Waals surface area contributed by atoms with Gasteiger partial charge >= 0.3 is 0 Å². The van der Waals surface area contributed by atoms with Crippen molar-refractivity contribution in [3.63, 3.8) is 0 Å². The minimum Gasteiger partial charge on any atom is -0.473 e. The number of pyridine rings is 1. The van der Waals surface area contributed by atoms with Gasteiger partial charge in [0.15, 0.2) is 0 Å². The van der Waals surface area contributed by atoms with Crippen LogP contribution >= 0.6 is 0 Å². The summed E-state index contributed by atoms with van der Waals surface area (Å²) in [5, 5.41) is 0. The SMILES string of the molecule is O=C(CN1CCC(Oc2cccc(F)n2)C1)N1CCCc2ccccc21. The second kappa shape index (κ2) is 7.41. The van der Waals surface area contributed by atoms with Crippen molar-refractivity contribution in [2.45, 2.75) is 25.4 Å². The number of anilines is 1. The first kappa shape index (κ1) is 17.0. The molecule has 1 aromatic carbocycles. The normalized spacial score (nSPS) is 20.0. The first-order valence-electron chi connectivity index (χ1n) is 9.09. The van der Waals surface area contributed by atoms with E-state index < -0.39 is 5.95 Å². The lowest BCUT2D eigenvalue weighted by Gasteiger charge is -2.30. The fourth-order valence-corrected chi connectivity index (χ4v) is 3.73. The third-order valence-corrected chi connectivity index (χ3v) is 4.98. The lowest BCUT2D eigenvalue weighted by atomic mass is 10.0. The average molecular weight is 355 g/mol. The van der Waals surface area contributed by atoms with Crippen molar-refractivity contribution in [2.24, 2.45) is 0 Å². The number of hydrogen-bond donors (Lipinski definition) is 0. The lowest BCUT2D eigenvalue weighted by Crippen LogP contribution is -2.42. The third kappa shape index (κ3) is 3.70. The molecule has 136 valence electrons. The summed E-state index contributed by atoms with van der Waals surface area (Å²) in [6, 6.07) is 12.7. The molecule has 26 heavy (non-hydrogen) atoms. The number of amides is 1. The standard InChI is InChI=1S/C20H22FN3O2/c21-18-8-3-9-19(22-18)26-16-10-12-23(13-16)14-20(25)24-11-4-6-15-5-1-2-7-17(15)24/h1-3,5,7-9,16H,4,6,10-14H2. The van der Waals surface area contributed by atoms with Crippen LogP contribution in [0.2, 0.25) is 0 Å². The number of aromatic nitrogens is 1. The first-order chi connectivity index (χ1) is 12.7. The lowest BCUT2D eigenvalue weighted by molar-refractivity contribution is -0.119. The predicted molar refractivity (Wildman–Crippen MR) is 96.8 cm³/mol. The highest BCUT2D eigenvalue weighted by molar-refractivity contribution is 5.96. The smallest absolute Gasteiger partial charge is 0.241 e. The van der Waals surface area contributed by atoms with E-state index in [1.807, 2.05) is 23.1 Å². The number of nitrogens with zero attached hydrogens (tertiary/aromatic N) is 3. The van der Waals surface area contributed by atoms with Gasteiger partial charge in [-0.1, -0.05) is 24.3 Å². The van der Waals surface area contributed by atoms with E-state index in [1.165, 1.54) is 11.6 Å². The van der Waals surface area contributed by atoms with Crippen LogP contribution in [0.1, 0.15) is 18.4 Å². The summed E-state index contributed by atoms with van der Waals surface area (Å²) in [7, 11) is 0. The van der Waals surface area contributed by atoms with Crippen molar-refractivity contribution >= 4 is 11.6 Å². The number of ether oxygens (including phenoxy) is 1. The van der Waals surface area contributed by atoms with Gasteiger partial charge in [0, 0.05) is 31.4 Å². The summed E-state index contributed by atoms with van der Waals surface area (Å²) in [4.78, 5) is 20.6. The molecule has 0 bridgehead atoms. The summed E-state index contributed by atoms with van der Waals surface area (Å²) >= 11 is 0. The van der Waals surface area contributed by atoms with Gasteiger partial charge in [-0.3, -0.25) is 9.69 Å². The number of carbonyl (C=O) groups excluding carboxylic acids is 1. The summed E-state index contributed by atoms with van der Waals surface area (Å²) in [5.74, 6) is -0.119. The van der Waals surface area contributed by atoms with E-state index in [0.717, 1.165) is 38.0 Å². The number of rotatable bonds is 4. The van der Waals surface area contributed by atoms with Gasteiger partial charge in [0.1, 0.15) is 6.10 Å². The Hall–Kier alpha value is -2.47. The maximum Gasteiger partial charge on any atom is 0.241 e. The van der Waals surface area contributed by atoms with E-state index in [2.05, 4.69) is 16.0 Å². The fourth-order valence-electron chi connectivity index (χ4n) is 3.73. The number of likely N-dealkylation sites (tertiary alicyclic amines) is 1. The molecule has 1 aromatic heterocycles. The van der Waals surface area contributed by atoms with Gasteiger partial charge in [0.25, 0.3) is 0 Å². The molecule has 0 N–H and O–H groups in total. The largest absolute Gasteiger partial charge is 0.473 e. The van der Waals surface area contributed by atoms with Crippen LogP contribution in [0.3, 0.4) is 0 Å². The van der Waals surface area contributed by atoms with E-state index in [0.29, 0.717) is 19.0 Å². The Morgan fingerprint density at radius 2 is 2.08 bits per heavy atom. The molecular formula is C20H22FN3O2. The van der Waals surface area contributed by atoms with Crippen molar-refractivity contribution in [1.29, 1.82) is 0 Å². The molecule has 0 spiro atoms. The second-order valence-corrected chi connectivity index (χ2v) is 6.84. The minimum atomic E-state index is -0.545. The van der Waals surface area contributed by atoms with Crippen molar-refractivity contribution in [2.75, 3.05) is 31.1 Å². The summed E-state index contributed by atoms with van der Waals surface area (Å²) in [5.41, 5.74) is 2.28. The Morgan fingerprint density at radius 3 is 2.96 bits per heavy atom. The van der Waals surface area contributed by atoms with E-state index in [-0.39, 0.29) is 12.0 Å². The summed E-state index contributed by atoms with van der Waals surface area (Å²) in [6.07, 6.45) is 2.77. The average Bonchev–Trinajstić information content (AvgIpc) is 3.08. The van der Waals surface area contributed by atoms with Gasteiger partial charge in [0.05, 0.1) is 6.54 Å². The van der Waals surface area contributed by atoms with Crippen LogP contribution in [-0.4, -0.2) is 48.1 Å². The highest BCUT2D eigenvalue weighted by atomic mass is 19.1. The number of para-hydroxylation sites is 1. The minimum absolute atomic E-state index is 0.0641. The predicted octanol–water partition coefficient (Wildman–Crippen LogP) is 2.65. The van der Waals surface area contributed by atoms with Crippen molar-refractivity contribution < 1.29 is 13.9 Å². The molecule has 2 aliphatic rings. The molecule has 0 radical (unpaired) electrons. The Labute approximate surface area is 152 Å². The number of aryl methyl sites for hydroxylation is 1. The van der Waals surface area contributed by atoms with Crippen LogP contribution in [0, 0.1) is 5.95 Å². The van der Waals surface area contributed by atoms with Gasteiger partial charge in [-0.15, -0.1) is 0 Å². The molecule has 2 aliphatic heterocycles. The zero-order valence-corrected chi connectivity index (χ0v) is 14.6. The molecule has 1 atom stereocenters. The molecule has 6 heteroatoms. The molecule has 1 saturated heterocycles. The van der Waals surface area contributed by atoms with Gasteiger partial charge in [-0.05, 0) is 37.0 Å². The van der Waals surface area contributed by atoms with Gasteiger partial charge in [-0.2, -0.15) is 9.37 Å². The van der Waals surface area contributed by atoms with E-state index in [9.17, 15) is 9.18 Å². The van der Waals surface area contributed by atoms with E-state index >= 15 is 0 Å². The highest BCUT2D eigenvalue weighted by Crippen LogP contribution is 2.27. The van der Waals surface area contributed by atoms with Crippen molar-refractivity contribution in [3.05, 3.63) is 54.0 Å². The molecule has 2 aromatic rings. The van der Waals surface area contributed by atoms with Crippen LogP contribution in [0.5, 0.6) is 5.88 Å². The number of fused-ring (bicyclic) bond motifs is 1. The Kier molecular flexibility index (Phi) is 4.84. The van der Waals surface area contributed by atoms with Crippen molar-refractivity contribution in [3.8, 4) is 5.88 Å². The Bertz CT molecular complexity index is 798. The van der Waals surface area contributed by atoms with Crippen LogP contribution in [-0.2, 0) is 11.2 Å². The van der Waals surface area contributed by atoms with E-state index in [4.69, 9.17) is 4.74 Å². The summed E-state index contributed by atoms with van der Waals surface area (Å²) in [6.45, 7) is 2.60. The first-order valence-corrected chi connectivity index (χ1v) is 9.09. The molecular weight excluding hydrogens is 333 g/mol. The van der Waals surface area contributed by atoms with E-state index in [1.54, 1.807) is 12.1 Å². The van der Waals surface area contributed by atoms with Crippen LogP contribution in [0.4, 0.5) is 10.1 Å². The molecule has 1 fully saturated rings. The molecule has 0 aliphatic carbocycles. The maximum atomic E-state index is 13.2. The monoisotopic (exact) mass is 355 g/mol. The van der Waals surface area contributed by atoms with Crippen LogP contribution in [0.25, 0.3) is 0 Å². The molecule has 4 rings (SSSR count). The molecule has 0 saturated carbocycles. The third-order valence-electron chi connectivity index (χ3n) is 4.98. The molecule has 1 unspecified atom stereocenters. The van der Waals surface area contributed by atoms with Crippen LogP contribution < -0.4 is 9.64 Å². The quantitative estimate of drug-likeness (QED) is 0.791. The topological polar surface area (TPSA) is 45.7 Å². The van der Waals surface area contributed by atoms with Gasteiger partial charge in [0.2, 0.25) is 17.7 Å². The number of halogens is 1. The van der Waals surface area contributed by atoms with Gasteiger partial charge < -0.3 is 9.64 Å². The molecule has 5 nitrogen and oxygen atoms in total. The number of benzene rings is 1. The fraction of sp³-hybridized carbons (Fsp3) is 0.400. The molecule has 3 heterocycles. The Balaban J connectivity index is 1.35. The zero-order valence-electron chi connectivity index (χ0n) is 14.6. The summed E-state index contributed by atoms with van der Waals surface area (Å²) < 4.78 is 18.9. The van der Waals surface area contributed by atoms with Gasteiger partial charge in [-0.25, -0.2) is 0 Å². The number of hydrogen-bond acceptors (Lipinski definition) is 4. The molecule has 1 amide bonds. The Morgan fingerprint density at radius 1 is 1.19 bits per heavy atom.